The summed E-state index contributed by atoms with van der Waals surface area (Å²) in [6.45, 7) is 4.16. The molecule has 25 heavy (non-hydrogen) atoms. The van der Waals surface area contributed by atoms with Crippen molar-refractivity contribution in [3.63, 3.8) is 0 Å². The van der Waals surface area contributed by atoms with Gasteiger partial charge >= 0.3 is 0 Å². The Morgan fingerprint density at radius 3 is 2.28 bits per heavy atom. The second-order valence-corrected chi connectivity index (χ2v) is 7.66. The minimum absolute atomic E-state index is 0.0865. The lowest BCUT2D eigenvalue weighted by Gasteiger charge is -2.11. The third kappa shape index (κ3) is 4.67. The minimum Gasteiger partial charge on any atom is -0.352 e. The zero-order valence-corrected chi connectivity index (χ0v) is 15.1. The molecule has 2 aromatic rings. The van der Waals surface area contributed by atoms with Gasteiger partial charge in [-0.2, -0.15) is 0 Å². The first-order valence-electron chi connectivity index (χ1n) is 7.72. The number of sulfone groups is 1. The molecule has 0 bridgehead atoms. The largest absolute Gasteiger partial charge is 0.352 e. The SMILES string of the molecule is CCNC(=O)c1ccc(NC(=O)c2cccc(S(C)(=O)=O)c2)c(C)c1. The number of hydrogen-bond acceptors (Lipinski definition) is 4. The van der Waals surface area contributed by atoms with Crippen molar-refractivity contribution in [1.82, 2.24) is 5.32 Å². The molecular formula is C18H20N2O4S. The summed E-state index contributed by atoms with van der Waals surface area (Å²) in [5.41, 5.74) is 2.05. The number of benzene rings is 2. The number of hydrogen-bond donors (Lipinski definition) is 2. The van der Waals surface area contributed by atoms with Gasteiger partial charge in [0.05, 0.1) is 4.90 Å². The Kier molecular flexibility index (Phi) is 5.58. The van der Waals surface area contributed by atoms with Gasteiger partial charge in [-0.3, -0.25) is 9.59 Å². The van der Waals surface area contributed by atoms with E-state index < -0.39 is 15.7 Å². The monoisotopic (exact) mass is 360 g/mol. The minimum atomic E-state index is -3.38. The first-order chi connectivity index (χ1) is 11.7. The van der Waals surface area contributed by atoms with Crippen LogP contribution in [0.1, 0.15) is 33.2 Å². The van der Waals surface area contributed by atoms with Crippen LogP contribution in [0.5, 0.6) is 0 Å². The summed E-state index contributed by atoms with van der Waals surface area (Å²) in [5, 5.41) is 5.45. The molecule has 2 N–H and O–H groups in total. The molecule has 2 rings (SSSR count). The summed E-state index contributed by atoms with van der Waals surface area (Å²) >= 11 is 0. The summed E-state index contributed by atoms with van der Waals surface area (Å²) < 4.78 is 23.2. The average molecular weight is 360 g/mol. The van der Waals surface area contributed by atoms with E-state index in [1.807, 2.05) is 6.92 Å². The second-order valence-electron chi connectivity index (χ2n) is 5.64. The van der Waals surface area contributed by atoms with Gasteiger partial charge in [0.25, 0.3) is 11.8 Å². The van der Waals surface area contributed by atoms with Crippen molar-refractivity contribution in [2.24, 2.45) is 0 Å². The van der Waals surface area contributed by atoms with E-state index in [1.54, 1.807) is 31.2 Å². The van der Waals surface area contributed by atoms with Crippen LogP contribution < -0.4 is 10.6 Å². The smallest absolute Gasteiger partial charge is 0.255 e. The predicted octanol–water partition coefficient (Wildman–Crippen LogP) is 2.40. The van der Waals surface area contributed by atoms with E-state index in [0.717, 1.165) is 11.8 Å². The van der Waals surface area contributed by atoms with E-state index in [1.165, 1.54) is 18.2 Å². The van der Waals surface area contributed by atoms with Gasteiger partial charge in [-0.05, 0) is 55.8 Å². The molecule has 2 amide bonds. The molecule has 0 aromatic heterocycles. The van der Waals surface area contributed by atoms with Crippen molar-refractivity contribution in [3.8, 4) is 0 Å². The van der Waals surface area contributed by atoms with Crippen LogP contribution in [0.15, 0.2) is 47.4 Å². The Morgan fingerprint density at radius 1 is 1.00 bits per heavy atom. The first kappa shape index (κ1) is 18.7. The van der Waals surface area contributed by atoms with E-state index in [0.29, 0.717) is 17.8 Å². The van der Waals surface area contributed by atoms with Gasteiger partial charge in [0, 0.05) is 29.6 Å². The Morgan fingerprint density at radius 2 is 1.68 bits per heavy atom. The Bertz CT molecular complexity index is 920. The van der Waals surface area contributed by atoms with Crippen LogP contribution in [0.3, 0.4) is 0 Å². The summed E-state index contributed by atoms with van der Waals surface area (Å²) in [6.07, 6.45) is 1.09. The molecule has 0 aliphatic heterocycles. The molecule has 0 saturated carbocycles. The van der Waals surface area contributed by atoms with Crippen molar-refractivity contribution in [2.45, 2.75) is 18.7 Å². The molecule has 0 fully saturated rings. The topological polar surface area (TPSA) is 92.3 Å². The molecule has 0 unspecified atom stereocenters. The highest BCUT2D eigenvalue weighted by Gasteiger charge is 2.13. The van der Waals surface area contributed by atoms with Crippen molar-refractivity contribution in [1.29, 1.82) is 0 Å². The maximum atomic E-state index is 12.4. The van der Waals surface area contributed by atoms with Gasteiger partial charge < -0.3 is 10.6 Å². The number of anilines is 1. The molecule has 0 spiro atoms. The molecule has 0 aliphatic rings. The third-order valence-electron chi connectivity index (χ3n) is 3.60. The Hall–Kier alpha value is -2.67. The van der Waals surface area contributed by atoms with Crippen molar-refractivity contribution >= 4 is 27.3 Å². The molecule has 0 heterocycles. The molecule has 7 heteroatoms. The van der Waals surface area contributed by atoms with E-state index in [2.05, 4.69) is 10.6 Å². The van der Waals surface area contributed by atoms with Crippen molar-refractivity contribution in [3.05, 3.63) is 59.2 Å². The lowest BCUT2D eigenvalue weighted by molar-refractivity contribution is 0.0955. The van der Waals surface area contributed by atoms with Crippen LogP contribution in [-0.4, -0.2) is 33.0 Å². The highest BCUT2D eigenvalue weighted by atomic mass is 32.2. The normalized spacial score (nSPS) is 11.0. The molecule has 0 aliphatic carbocycles. The van der Waals surface area contributed by atoms with Crippen LogP contribution in [0.2, 0.25) is 0 Å². The highest BCUT2D eigenvalue weighted by Crippen LogP contribution is 2.19. The third-order valence-corrected chi connectivity index (χ3v) is 4.71. The maximum Gasteiger partial charge on any atom is 0.255 e. The molecule has 6 nitrogen and oxygen atoms in total. The maximum absolute atomic E-state index is 12.4. The number of amides is 2. The summed E-state index contributed by atoms with van der Waals surface area (Å²) in [4.78, 5) is 24.3. The lowest BCUT2D eigenvalue weighted by atomic mass is 10.1. The fraction of sp³-hybridized carbons (Fsp3) is 0.222. The number of aryl methyl sites for hydroxylation is 1. The number of nitrogens with one attached hydrogen (secondary N) is 2. The van der Waals surface area contributed by atoms with Gasteiger partial charge in [0.15, 0.2) is 9.84 Å². The van der Waals surface area contributed by atoms with Crippen LogP contribution in [0, 0.1) is 6.92 Å². The van der Waals surface area contributed by atoms with E-state index in [-0.39, 0.29) is 16.4 Å². The zero-order chi connectivity index (χ0) is 18.6. The first-order valence-corrected chi connectivity index (χ1v) is 9.62. The summed E-state index contributed by atoms with van der Waals surface area (Å²) in [6, 6.07) is 10.8. The van der Waals surface area contributed by atoms with Crippen LogP contribution in [-0.2, 0) is 9.84 Å². The molecule has 0 radical (unpaired) electrons. The van der Waals surface area contributed by atoms with E-state index in [9.17, 15) is 18.0 Å². The van der Waals surface area contributed by atoms with E-state index in [4.69, 9.17) is 0 Å². The second kappa shape index (κ2) is 7.48. The lowest BCUT2D eigenvalue weighted by Crippen LogP contribution is -2.22. The van der Waals surface area contributed by atoms with Gasteiger partial charge in [-0.25, -0.2) is 8.42 Å². The molecule has 132 valence electrons. The zero-order valence-electron chi connectivity index (χ0n) is 14.3. The molecule has 0 atom stereocenters. The molecular weight excluding hydrogens is 340 g/mol. The summed E-state index contributed by atoms with van der Waals surface area (Å²) in [7, 11) is -3.38. The number of rotatable bonds is 5. The molecule has 2 aromatic carbocycles. The van der Waals surface area contributed by atoms with Gasteiger partial charge in [0.2, 0.25) is 0 Å². The van der Waals surface area contributed by atoms with Gasteiger partial charge in [-0.1, -0.05) is 6.07 Å². The summed E-state index contributed by atoms with van der Waals surface area (Å²) in [5.74, 6) is -0.594. The van der Waals surface area contributed by atoms with Crippen molar-refractivity contribution < 1.29 is 18.0 Å². The van der Waals surface area contributed by atoms with Gasteiger partial charge in [-0.15, -0.1) is 0 Å². The fourth-order valence-corrected chi connectivity index (χ4v) is 2.94. The standard InChI is InChI=1S/C18H20N2O4S/c1-4-19-17(21)14-8-9-16(12(2)10-14)20-18(22)13-6-5-7-15(11-13)25(3,23)24/h5-11H,4H2,1-3H3,(H,19,21)(H,20,22). The Balaban J connectivity index is 2.22. The number of carbonyl (C=O) groups is 2. The van der Waals surface area contributed by atoms with Crippen LogP contribution >= 0.6 is 0 Å². The number of carbonyl (C=O) groups excluding carboxylic acids is 2. The average Bonchev–Trinajstić information content (AvgIpc) is 2.56. The van der Waals surface area contributed by atoms with Gasteiger partial charge in [0.1, 0.15) is 0 Å². The van der Waals surface area contributed by atoms with Crippen molar-refractivity contribution in [2.75, 3.05) is 18.1 Å². The van der Waals surface area contributed by atoms with E-state index >= 15 is 0 Å². The highest BCUT2D eigenvalue weighted by molar-refractivity contribution is 7.90. The Labute approximate surface area is 147 Å². The quantitative estimate of drug-likeness (QED) is 0.856. The molecule has 0 saturated heterocycles. The fourth-order valence-electron chi connectivity index (χ4n) is 2.27. The van der Waals surface area contributed by atoms with Crippen LogP contribution in [0.25, 0.3) is 0 Å². The predicted molar refractivity (Wildman–Crippen MR) is 96.7 cm³/mol. The van der Waals surface area contributed by atoms with Crippen LogP contribution in [0.4, 0.5) is 5.69 Å².